The van der Waals surface area contributed by atoms with E-state index in [0.717, 1.165) is 6.42 Å². The molecule has 2 saturated heterocycles. The number of carbonyl (C=O) groups is 4. The van der Waals surface area contributed by atoms with Crippen molar-refractivity contribution in [3.63, 3.8) is 0 Å². The van der Waals surface area contributed by atoms with Gasteiger partial charge in [-0.3, -0.25) is 24.1 Å². The molecule has 2 amide bonds. The van der Waals surface area contributed by atoms with Gasteiger partial charge in [-0.25, -0.2) is 0 Å². The summed E-state index contributed by atoms with van der Waals surface area (Å²) in [5.41, 5.74) is 25.1. The molecule has 25 nitrogen and oxygen atoms in total. The summed E-state index contributed by atoms with van der Waals surface area (Å²) < 4.78 is 23.3. The number of amides is 2. The number of ketones is 2. The Bertz CT molecular complexity index is 2320. The highest BCUT2D eigenvalue weighted by molar-refractivity contribution is 6.24. The number of carbonyl (C=O) groups excluding carboxylic acids is 4. The van der Waals surface area contributed by atoms with Gasteiger partial charge >= 0.3 is 0 Å². The lowest BCUT2D eigenvalue weighted by molar-refractivity contribution is -0.306. The first-order valence-electron chi connectivity index (χ1n) is 24.5. The number of rotatable bonds is 12. The predicted octanol–water partition coefficient (Wildman–Crippen LogP) is -3.62. The van der Waals surface area contributed by atoms with Crippen LogP contribution in [0.15, 0.2) is 23.0 Å². The Morgan fingerprint density at radius 3 is 2.10 bits per heavy atom. The van der Waals surface area contributed by atoms with Gasteiger partial charge in [-0.1, -0.05) is 0 Å². The molecule has 0 bridgehead atoms. The van der Waals surface area contributed by atoms with Gasteiger partial charge in [0.25, 0.3) is 5.91 Å². The molecule has 2 saturated carbocycles. The lowest BCUT2D eigenvalue weighted by atomic mass is 9.57. The van der Waals surface area contributed by atoms with Gasteiger partial charge in [0.1, 0.15) is 52.9 Å². The number of nitrogens with one attached hydrogen (secondary N) is 3. The Hall–Kier alpha value is -4.42. The number of hydrogen-bond donors (Lipinski definition) is 15. The van der Waals surface area contributed by atoms with Crippen LogP contribution in [0.5, 0.6) is 5.75 Å². The number of benzene rings is 1. The SMILES string of the molecule is CN(C)c1cc(NC(=O)CNC(C)(C)C)c(O)c2c1C[C@H]1C[C@H]3[C@H](N(C)C)C(=O)C(C(N)=O)=C(O)[C@@]3(O)C(=O)C1=C2O.CN[C@@H]1[C@@H](O)[C@@H](O[C@@H]2[C@@H](O)[C@H](O[C@H]3O[C@H](CN)CC[C@H]3N)[C@@H](N)C[C@H]2N)OC[C@]1(C)O. The molecule has 73 heavy (non-hydrogen) atoms. The van der Waals surface area contributed by atoms with E-state index in [2.05, 4.69) is 16.0 Å². The van der Waals surface area contributed by atoms with Crippen LogP contribution >= 0.6 is 0 Å². The number of nitrogens with two attached hydrogens (primary N) is 5. The molecule has 4 fully saturated rings. The molecule has 25 heteroatoms. The van der Waals surface area contributed by atoms with E-state index in [9.17, 15) is 54.9 Å². The fourth-order valence-corrected chi connectivity index (χ4v) is 11.0. The van der Waals surface area contributed by atoms with Gasteiger partial charge in [-0.05, 0) is 98.5 Å². The molecule has 0 aromatic heterocycles. The summed E-state index contributed by atoms with van der Waals surface area (Å²) in [5, 5.41) is 86.2. The summed E-state index contributed by atoms with van der Waals surface area (Å²) in [5.74, 6) is -7.79. The number of aromatic hydroxyl groups is 1. The summed E-state index contributed by atoms with van der Waals surface area (Å²) >= 11 is 0. The molecular formula is C48H78N10O15. The second-order valence-corrected chi connectivity index (χ2v) is 21.8. The van der Waals surface area contributed by atoms with Crippen LogP contribution in [0.3, 0.4) is 0 Å². The number of ether oxygens (including phenoxy) is 4. The Balaban J connectivity index is 0.000000249. The van der Waals surface area contributed by atoms with Crippen molar-refractivity contribution in [2.45, 2.75) is 150 Å². The highest BCUT2D eigenvalue weighted by Gasteiger charge is 2.64. The fourth-order valence-electron chi connectivity index (χ4n) is 11.0. The van der Waals surface area contributed by atoms with Crippen molar-refractivity contribution in [1.29, 1.82) is 0 Å². The molecule has 0 radical (unpaired) electrons. The van der Waals surface area contributed by atoms with Gasteiger partial charge in [-0.2, -0.15) is 0 Å². The predicted molar refractivity (Wildman–Crippen MR) is 265 cm³/mol. The van der Waals surface area contributed by atoms with Crippen molar-refractivity contribution >= 4 is 40.5 Å². The van der Waals surface area contributed by atoms with E-state index in [-0.39, 0.29) is 60.5 Å². The van der Waals surface area contributed by atoms with Gasteiger partial charge in [0.2, 0.25) is 11.7 Å². The summed E-state index contributed by atoms with van der Waals surface area (Å²) in [4.78, 5) is 55.3. The van der Waals surface area contributed by atoms with Gasteiger partial charge in [0.15, 0.2) is 24.0 Å². The van der Waals surface area contributed by atoms with Crippen LogP contribution in [-0.4, -0.2) is 209 Å². The van der Waals surface area contributed by atoms with Gasteiger partial charge in [0.05, 0.1) is 48.6 Å². The van der Waals surface area contributed by atoms with Crippen LogP contribution in [0, 0.1) is 11.8 Å². The Morgan fingerprint density at radius 1 is 0.932 bits per heavy atom. The molecule has 20 N–H and O–H groups in total. The normalized spacial score (nSPS) is 36.7. The van der Waals surface area contributed by atoms with E-state index in [1.165, 1.54) is 4.90 Å². The fraction of sp³-hybridized carbons (Fsp3) is 0.708. The molecule has 410 valence electrons. The quantitative estimate of drug-likeness (QED) is 0.0710. The molecule has 1 aromatic rings. The number of phenols is 1. The molecule has 0 spiro atoms. The summed E-state index contributed by atoms with van der Waals surface area (Å²) in [7, 11) is 8.20. The summed E-state index contributed by atoms with van der Waals surface area (Å²) in [6.45, 7) is 7.45. The lowest BCUT2D eigenvalue weighted by Crippen LogP contribution is -2.68. The van der Waals surface area contributed by atoms with Crippen LogP contribution in [0.4, 0.5) is 11.4 Å². The van der Waals surface area contributed by atoms with Crippen molar-refractivity contribution in [2.75, 3.05) is 65.2 Å². The first-order valence-corrected chi connectivity index (χ1v) is 24.5. The Labute approximate surface area is 424 Å². The van der Waals surface area contributed by atoms with Gasteiger partial charge in [-0.15, -0.1) is 0 Å². The third-order valence-corrected chi connectivity index (χ3v) is 14.8. The van der Waals surface area contributed by atoms with E-state index in [0.29, 0.717) is 30.6 Å². The van der Waals surface area contributed by atoms with Crippen molar-refractivity contribution in [2.24, 2.45) is 40.5 Å². The topological polar surface area (TPSA) is 419 Å². The van der Waals surface area contributed by atoms with E-state index in [1.807, 2.05) is 20.8 Å². The van der Waals surface area contributed by atoms with Crippen molar-refractivity contribution < 1.29 is 73.9 Å². The third kappa shape index (κ3) is 11.3. The Morgan fingerprint density at radius 2 is 1.55 bits per heavy atom. The number of fused-ring (bicyclic) bond motifs is 3. The second kappa shape index (κ2) is 22.0. The number of Topliss-reactive ketones (excluding diaryl/α,β-unsaturated/α-hetero) is 2. The molecular weight excluding hydrogens is 957 g/mol. The highest BCUT2D eigenvalue weighted by Crippen LogP contribution is 2.54. The zero-order chi connectivity index (χ0) is 54.6. The first-order chi connectivity index (χ1) is 33.9. The van der Waals surface area contributed by atoms with Crippen molar-refractivity contribution in [3.05, 3.63) is 34.1 Å². The monoisotopic (exact) mass is 1030 g/mol. The van der Waals surface area contributed by atoms with E-state index < -0.39 is 130 Å². The number of phenolic OH excluding ortho intramolecular Hbond substituents is 1. The standard InChI is InChI=1S/C29H39N5O8.C19H39N5O7/c1-28(2,3)31-11-17(35)32-15-10-16(33(4)5)13-8-12-9-14-21(34(6)7)24(38)20(27(30)41)26(40)29(14,42)25(39)18(12)23(37)19(13)22(15)36;1-19(27)7-28-18(13(26)16(19)24-2)31-15-11(23)5-10(22)14(12(15)25)30-17-9(21)4-3-8(6-20)29-17/h10,12,14,21,31,36-37,40,42H,8-9,11H2,1-7H3,(H2,30,41)(H,32,35);8-18,24-27H,3-7,20-23H2,1-2H3/t12-,14-,21-,29-;8-,9+,10-,11+,12-,13+,14+,15-,16+,17+,18+,19-/m00/s1. The molecule has 2 aliphatic heterocycles. The van der Waals surface area contributed by atoms with Crippen LogP contribution in [-0.2, 0) is 44.5 Å². The first kappa shape index (κ1) is 57.9. The van der Waals surface area contributed by atoms with Gasteiger partial charge in [0, 0.05) is 55.4 Å². The molecule has 6 aliphatic rings. The maximum absolute atomic E-state index is 14.0. The molecule has 7 rings (SSSR count). The number of aliphatic hydroxyl groups is 6. The molecule has 16 atom stereocenters. The minimum absolute atomic E-state index is 0.00158. The second-order valence-electron chi connectivity index (χ2n) is 21.8. The average molecular weight is 1040 g/mol. The minimum atomic E-state index is -2.73. The van der Waals surface area contributed by atoms with Crippen LogP contribution in [0.2, 0.25) is 0 Å². The van der Waals surface area contributed by atoms with Crippen LogP contribution in [0.1, 0.15) is 64.5 Å². The number of primary amides is 1. The van der Waals surface area contributed by atoms with Crippen LogP contribution < -0.4 is 49.5 Å². The maximum Gasteiger partial charge on any atom is 0.255 e. The smallest absolute Gasteiger partial charge is 0.255 e. The number of anilines is 2. The number of hydrogen-bond acceptors (Lipinski definition) is 23. The molecule has 4 aliphatic carbocycles. The lowest BCUT2D eigenvalue weighted by Gasteiger charge is -2.50. The van der Waals surface area contributed by atoms with Gasteiger partial charge < -0.3 is 104 Å². The molecule has 1 aromatic carbocycles. The summed E-state index contributed by atoms with van der Waals surface area (Å²) in [6, 6.07) is -1.85. The third-order valence-electron chi connectivity index (χ3n) is 14.8. The molecule has 2 heterocycles. The zero-order valence-corrected chi connectivity index (χ0v) is 43.0. The minimum Gasteiger partial charge on any atom is -0.508 e. The Kier molecular flexibility index (Phi) is 17.5. The average Bonchev–Trinajstić information content (AvgIpc) is 3.28. The van der Waals surface area contributed by atoms with Crippen molar-refractivity contribution in [1.82, 2.24) is 15.5 Å². The largest absolute Gasteiger partial charge is 0.508 e. The van der Waals surface area contributed by atoms with Crippen molar-refractivity contribution in [3.8, 4) is 5.75 Å². The summed E-state index contributed by atoms with van der Waals surface area (Å²) in [6.07, 6.45) is -4.36. The van der Waals surface area contributed by atoms with Crippen LogP contribution in [0.25, 0.3) is 5.76 Å². The number of aliphatic hydroxyl groups excluding tert-OH is 4. The number of nitrogens with zero attached hydrogens (tertiary/aromatic N) is 2. The van der Waals surface area contributed by atoms with E-state index >= 15 is 0 Å². The zero-order valence-electron chi connectivity index (χ0n) is 43.0. The maximum atomic E-state index is 14.0. The number of likely N-dealkylation sites (N-methyl/N-ethyl adjacent to an activating group) is 2. The highest BCUT2D eigenvalue weighted by atomic mass is 16.7. The van der Waals surface area contributed by atoms with E-state index in [1.54, 1.807) is 53.1 Å². The van der Waals surface area contributed by atoms with E-state index in [4.69, 9.17) is 47.6 Å². The molecule has 0 unspecified atom stereocenters.